The van der Waals surface area contributed by atoms with E-state index in [0.717, 1.165) is 5.69 Å². The lowest BCUT2D eigenvalue weighted by atomic mass is 10.4. The van der Waals surface area contributed by atoms with Crippen molar-refractivity contribution in [2.45, 2.75) is 13.5 Å². The molecule has 14 heavy (non-hydrogen) atoms. The zero-order valence-corrected chi connectivity index (χ0v) is 7.82. The molecule has 2 rings (SSSR count). The van der Waals surface area contributed by atoms with Gasteiger partial charge in [0.2, 0.25) is 0 Å². The van der Waals surface area contributed by atoms with Crippen molar-refractivity contribution in [1.82, 2.24) is 14.5 Å². The molecule has 74 valence electrons. The van der Waals surface area contributed by atoms with E-state index >= 15 is 0 Å². The van der Waals surface area contributed by atoms with Gasteiger partial charge in [0.25, 0.3) is 5.56 Å². The Balaban J connectivity index is 2.68. The van der Waals surface area contributed by atoms with Crippen molar-refractivity contribution < 1.29 is 5.11 Å². The van der Waals surface area contributed by atoms with Crippen molar-refractivity contribution in [2.75, 3.05) is 6.61 Å². The fraction of sp³-hybridized carbons (Fsp3) is 0.333. The van der Waals surface area contributed by atoms with Gasteiger partial charge >= 0.3 is 0 Å². The van der Waals surface area contributed by atoms with Crippen LogP contribution >= 0.6 is 0 Å². The van der Waals surface area contributed by atoms with E-state index in [9.17, 15) is 4.79 Å². The average Bonchev–Trinajstić information content (AvgIpc) is 2.52. The third-order valence-electron chi connectivity index (χ3n) is 2.09. The van der Waals surface area contributed by atoms with Gasteiger partial charge in [0.1, 0.15) is 5.65 Å². The maximum absolute atomic E-state index is 11.7. The molecule has 2 heterocycles. The predicted octanol–water partition coefficient (Wildman–Crippen LogP) is 0.0253. The summed E-state index contributed by atoms with van der Waals surface area (Å²) in [4.78, 5) is 18.8. The summed E-state index contributed by atoms with van der Waals surface area (Å²) in [5, 5.41) is 9.29. The molecule has 0 aliphatic heterocycles. The van der Waals surface area contributed by atoms with Gasteiger partial charge < -0.3 is 10.1 Å². The van der Waals surface area contributed by atoms with Crippen LogP contribution in [0.3, 0.4) is 0 Å². The van der Waals surface area contributed by atoms with Crippen LogP contribution in [0, 0.1) is 6.92 Å². The summed E-state index contributed by atoms with van der Waals surface area (Å²) in [6, 6.07) is 1.76. The normalized spacial score (nSPS) is 11.0. The average molecular weight is 193 g/mol. The highest BCUT2D eigenvalue weighted by atomic mass is 16.3. The van der Waals surface area contributed by atoms with Gasteiger partial charge in [-0.25, -0.2) is 4.98 Å². The van der Waals surface area contributed by atoms with E-state index in [1.807, 2.05) is 6.92 Å². The number of nitrogens with zero attached hydrogens (tertiary/aromatic N) is 2. The second-order valence-electron chi connectivity index (χ2n) is 3.18. The zero-order chi connectivity index (χ0) is 10.1. The van der Waals surface area contributed by atoms with Crippen LogP contribution in [0.5, 0.6) is 0 Å². The van der Waals surface area contributed by atoms with Crippen molar-refractivity contribution in [3.63, 3.8) is 0 Å². The summed E-state index contributed by atoms with van der Waals surface area (Å²) in [6.45, 7) is 2.10. The van der Waals surface area contributed by atoms with E-state index < -0.39 is 0 Å². The van der Waals surface area contributed by atoms with Crippen molar-refractivity contribution in [1.29, 1.82) is 0 Å². The number of aryl methyl sites for hydroxylation is 1. The summed E-state index contributed by atoms with van der Waals surface area (Å²) >= 11 is 0. The van der Waals surface area contributed by atoms with E-state index in [1.54, 1.807) is 6.07 Å². The van der Waals surface area contributed by atoms with Crippen molar-refractivity contribution >= 4 is 11.0 Å². The molecule has 2 aromatic heterocycles. The topological polar surface area (TPSA) is 70.9 Å². The highest BCUT2D eigenvalue weighted by Crippen LogP contribution is 2.06. The zero-order valence-electron chi connectivity index (χ0n) is 7.82. The number of hydrogen-bond acceptors (Lipinski definition) is 3. The lowest BCUT2D eigenvalue weighted by molar-refractivity contribution is 0.274. The fourth-order valence-electron chi connectivity index (χ4n) is 1.44. The first kappa shape index (κ1) is 8.96. The van der Waals surface area contributed by atoms with Crippen molar-refractivity contribution in [3.05, 3.63) is 28.4 Å². The molecule has 0 radical (unpaired) electrons. The molecule has 0 aliphatic rings. The van der Waals surface area contributed by atoms with Gasteiger partial charge in [-0.15, -0.1) is 0 Å². The maximum atomic E-state index is 11.7. The van der Waals surface area contributed by atoms with Crippen molar-refractivity contribution in [2.24, 2.45) is 0 Å². The minimum Gasteiger partial charge on any atom is -0.395 e. The molecule has 0 unspecified atom stereocenters. The van der Waals surface area contributed by atoms with Crippen LogP contribution in [-0.2, 0) is 6.54 Å². The monoisotopic (exact) mass is 193 g/mol. The Morgan fingerprint density at radius 1 is 1.64 bits per heavy atom. The number of aromatic amines is 1. The molecule has 0 fully saturated rings. The fourth-order valence-corrected chi connectivity index (χ4v) is 1.44. The lowest BCUT2D eigenvalue weighted by Gasteiger charge is -2.00. The molecule has 5 heteroatoms. The highest BCUT2D eigenvalue weighted by Gasteiger charge is 2.05. The van der Waals surface area contributed by atoms with Gasteiger partial charge in [0.15, 0.2) is 0 Å². The van der Waals surface area contributed by atoms with Crippen LogP contribution < -0.4 is 5.56 Å². The molecule has 2 aromatic rings. The van der Waals surface area contributed by atoms with Gasteiger partial charge in [-0.05, 0) is 13.0 Å². The van der Waals surface area contributed by atoms with Crippen LogP contribution in [0.1, 0.15) is 5.69 Å². The Morgan fingerprint density at radius 3 is 3.14 bits per heavy atom. The summed E-state index contributed by atoms with van der Waals surface area (Å²) < 4.78 is 1.40. The number of nitrogens with one attached hydrogen (secondary N) is 1. The Hall–Kier alpha value is -1.62. The smallest absolute Gasteiger partial charge is 0.262 e. The molecule has 0 spiro atoms. The second kappa shape index (κ2) is 3.26. The first-order valence-electron chi connectivity index (χ1n) is 4.38. The molecule has 0 bridgehead atoms. The number of aliphatic hydroxyl groups excluding tert-OH is 1. The maximum Gasteiger partial charge on any atom is 0.262 e. The van der Waals surface area contributed by atoms with E-state index in [0.29, 0.717) is 11.0 Å². The molecular weight excluding hydrogens is 182 g/mol. The number of aliphatic hydroxyl groups is 1. The second-order valence-corrected chi connectivity index (χ2v) is 3.18. The van der Waals surface area contributed by atoms with Crippen LogP contribution in [0.2, 0.25) is 0 Å². The Bertz CT molecular complexity index is 512. The number of aromatic nitrogens is 3. The van der Waals surface area contributed by atoms with Gasteiger partial charge in [0, 0.05) is 5.69 Å². The Kier molecular flexibility index (Phi) is 2.09. The van der Waals surface area contributed by atoms with E-state index in [1.165, 1.54) is 10.9 Å². The van der Waals surface area contributed by atoms with Crippen LogP contribution in [0.4, 0.5) is 0 Å². The molecule has 0 aromatic carbocycles. The first-order valence-corrected chi connectivity index (χ1v) is 4.38. The molecular formula is C9H11N3O2. The van der Waals surface area contributed by atoms with Gasteiger partial charge in [-0.2, -0.15) is 0 Å². The Labute approximate surface area is 80.0 Å². The molecule has 0 saturated carbocycles. The van der Waals surface area contributed by atoms with Crippen LogP contribution in [-0.4, -0.2) is 26.2 Å². The minimum absolute atomic E-state index is 0.0590. The van der Waals surface area contributed by atoms with E-state index in [-0.39, 0.29) is 18.7 Å². The summed E-state index contributed by atoms with van der Waals surface area (Å²) in [5.41, 5.74) is 1.39. The number of fused-ring (bicyclic) bond motifs is 1. The summed E-state index contributed by atoms with van der Waals surface area (Å²) in [7, 11) is 0. The molecule has 0 saturated heterocycles. The summed E-state index contributed by atoms with van der Waals surface area (Å²) in [5.74, 6) is 0. The van der Waals surface area contributed by atoms with E-state index in [2.05, 4.69) is 9.97 Å². The van der Waals surface area contributed by atoms with Crippen molar-refractivity contribution in [3.8, 4) is 0 Å². The lowest BCUT2D eigenvalue weighted by Crippen LogP contribution is -2.21. The standard InChI is InChI=1S/C9H11N3O2/c1-6-4-7-8(11-6)10-5-12(2-3-13)9(7)14/h4-5,11,13H,2-3H2,1H3. The number of hydrogen-bond donors (Lipinski definition) is 2. The number of rotatable bonds is 2. The first-order chi connectivity index (χ1) is 6.72. The third kappa shape index (κ3) is 1.31. The minimum atomic E-state index is -0.117. The molecule has 5 nitrogen and oxygen atoms in total. The predicted molar refractivity (Wildman–Crippen MR) is 52.2 cm³/mol. The van der Waals surface area contributed by atoms with E-state index in [4.69, 9.17) is 5.11 Å². The highest BCUT2D eigenvalue weighted by molar-refractivity contribution is 5.74. The quantitative estimate of drug-likeness (QED) is 0.706. The largest absolute Gasteiger partial charge is 0.395 e. The van der Waals surface area contributed by atoms with Crippen LogP contribution in [0.25, 0.3) is 11.0 Å². The SMILES string of the molecule is Cc1cc2c(=O)n(CCO)cnc2[nH]1. The Morgan fingerprint density at radius 2 is 2.43 bits per heavy atom. The van der Waals surface area contributed by atoms with Gasteiger partial charge in [-0.3, -0.25) is 9.36 Å². The molecule has 0 amide bonds. The number of H-pyrrole nitrogens is 1. The molecule has 2 N–H and O–H groups in total. The van der Waals surface area contributed by atoms with Gasteiger partial charge in [0.05, 0.1) is 24.9 Å². The molecule has 0 aliphatic carbocycles. The summed E-state index contributed by atoms with van der Waals surface area (Å²) in [6.07, 6.45) is 1.44. The van der Waals surface area contributed by atoms with Crippen LogP contribution in [0.15, 0.2) is 17.2 Å². The third-order valence-corrected chi connectivity index (χ3v) is 2.09. The van der Waals surface area contributed by atoms with Gasteiger partial charge in [-0.1, -0.05) is 0 Å². The molecule has 0 atom stereocenters.